The molecule has 2 heterocycles. The zero-order chi connectivity index (χ0) is 19.2. The molecule has 4 rings (SSSR count). The van der Waals surface area contributed by atoms with Crippen LogP contribution in [-0.2, 0) is 6.54 Å². The molecule has 0 aromatic heterocycles. The van der Waals surface area contributed by atoms with Crippen molar-refractivity contribution in [3.8, 4) is 5.75 Å². The SMILES string of the molecule is CCOc1ccccc1CN1CCC[C@@H](N2CCN(c3ccccc3)CC2)C1. The third-order valence-corrected chi connectivity index (χ3v) is 6.10. The maximum Gasteiger partial charge on any atom is 0.123 e. The summed E-state index contributed by atoms with van der Waals surface area (Å²) in [5, 5.41) is 0. The van der Waals surface area contributed by atoms with Gasteiger partial charge in [0.1, 0.15) is 5.75 Å². The summed E-state index contributed by atoms with van der Waals surface area (Å²) in [7, 11) is 0. The lowest BCUT2D eigenvalue weighted by atomic mass is 10.0. The molecule has 28 heavy (non-hydrogen) atoms. The number of ether oxygens (including phenoxy) is 1. The largest absolute Gasteiger partial charge is 0.494 e. The van der Waals surface area contributed by atoms with E-state index in [0.29, 0.717) is 6.04 Å². The maximum atomic E-state index is 5.83. The topological polar surface area (TPSA) is 19.0 Å². The summed E-state index contributed by atoms with van der Waals surface area (Å²) in [4.78, 5) is 7.87. The molecule has 2 fully saturated rings. The second-order valence-corrected chi connectivity index (χ2v) is 7.93. The van der Waals surface area contributed by atoms with E-state index in [1.54, 1.807) is 0 Å². The fraction of sp³-hybridized carbons (Fsp3) is 0.500. The molecule has 0 spiro atoms. The van der Waals surface area contributed by atoms with Gasteiger partial charge in [-0.3, -0.25) is 9.80 Å². The van der Waals surface area contributed by atoms with Crippen LogP contribution in [0.5, 0.6) is 5.75 Å². The van der Waals surface area contributed by atoms with Gasteiger partial charge >= 0.3 is 0 Å². The van der Waals surface area contributed by atoms with E-state index < -0.39 is 0 Å². The molecule has 2 saturated heterocycles. The molecular formula is C24H33N3O. The van der Waals surface area contributed by atoms with Crippen LogP contribution in [0.15, 0.2) is 54.6 Å². The Labute approximate surface area is 169 Å². The summed E-state index contributed by atoms with van der Waals surface area (Å²) >= 11 is 0. The van der Waals surface area contributed by atoms with Crippen LogP contribution < -0.4 is 9.64 Å². The van der Waals surface area contributed by atoms with E-state index in [1.165, 1.54) is 50.3 Å². The van der Waals surface area contributed by atoms with Crippen LogP contribution in [0.4, 0.5) is 5.69 Å². The smallest absolute Gasteiger partial charge is 0.123 e. The molecule has 1 atom stereocenters. The average molecular weight is 380 g/mol. The Morgan fingerprint density at radius 2 is 1.64 bits per heavy atom. The lowest BCUT2D eigenvalue weighted by Gasteiger charge is -2.44. The first kappa shape index (κ1) is 19.3. The molecule has 0 bridgehead atoms. The summed E-state index contributed by atoms with van der Waals surface area (Å²) in [6.45, 7) is 10.8. The molecule has 0 saturated carbocycles. The van der Waals surface area contributed by atoms with E-state index in [2.05, 4.69) is 76.2 Å². The lowest BCUT2D eigenvalue weighted by Crippen LogP contribution is -2.55. The van der Waals surface area contributed by atoms with Gasteiger partial charge in [0.05, 0.1) is 6.61 Å². The number of benzene rings is 2. The van der Waals surface area contributed by atoms with Crippen LogP contribution >= 0.6 is 0 Å². The normalized spacial score (nSPS) is 21.6. The van der Waals surface area contributed by atoms with Crippen molar-refractivity contribution < 1.29 is 4.74 Å². The van der Waals surface area contributed by atoms with Crippen LogP contribution in [0.25, 0.3) is 0 Å². The van der Waals surface area contributed by atoms with Gasteiger partial charge in [-0.15, -0.1) is 0 Å². The maximum absolute atomic E-state index is 5.83. The Morgan fingerprint density at radius 3 is 2.43 bits per heavy atom. The van der Waals surface area contributed by atoms with Crippen molar-refractivity contribution in [2.24, 2.45) is 0 Å². The molecule has 2 aromatic rings. The molecule has 2 aliphatic heterocycles. The molecule has 4 nitrogen and oxygen atoms in total. The third-order valence-electron chi connectivity index (χ3n) is 6.10. The fourth-order valence-corrected chi connectivity index (χ4v) is 4.63. The first-order valence-corrected chi connectivity index (χ1v) is 10.8. The summed E-state index contributed by atoms with van der Waals surface area (Å²) in [6.07, 6.45) is 2.62. The second-order valence-electron chi connectivity index (χ2n) is 7.93. The van der Waals surface area contributed by atoms with Crippen molar-refractivity contribution in [2.45, 2.75) is 32.4 Å². The van der Waals surface area contributed by atoms with E-state index in [0.717, 1.165) is 32.0 Å². The first-order chi connectivity index (χ1) is 13.8. The van der Waals surface area contributed by atoms with E-state index in [4.69, 9.17) is 4.74 Å². The highest BCUT2D eigenvalue weighted by Crippen LogP contribution is 2.24. The highest BCUT2D eigenvalue weighted by molar-refractivity contribution is 5.46. The number of nitrogens with zero attached hydrogens (tertiary/aromatic N) is 3. The van der Waals surface area contributed by atoms with Gasteiger partial charge in [-0.2, -0.15) is 0 Å². The summed E-state index contributed by atoms with van der Waals surface area (Å²) in [5.74, 6) is 1.04. The molecule has 0 unspecified atom stereocenters. The minimum absolute atomic E-state index is 0.686. The third kappa shape index (κ3) is 4.68. The van der Waals surface area contributed by atoms with Crippen LogP contribution in [-0.4, -0.2) is 61.7 Å². The van der Waals surface area contributed by atoms with E-state index in [-0.39, 0.29) is 0 Å². The highest BCUT2D eigenvalue weighted by atomic mass is 16.5. The predicted octanol–water partition coefficient (Wildman–Crippen LogP) is 3.87. The van der Waals surface area contributed by atoms with E-state index >= 15 is 0 Å². The lowest BCUT2D eigenvalue weighted by molar-refractivity contribution is 0.0882. The molecule has 4 heteroatoms. The Bertz CT molecular complexity index is 728. The first-order valence-electron chi connectivity index (χ1n) is 10.8. The Kier molecular flexibility index (Phi) is 6.50. The number of anilines is 1. The monoisotopic (exact) mass is 379 g/mol. The van der Waals surface area contributed by atoms with Crippen LogP contribution in [0.1, 0.15) is 25.3 Å². The van der Waals surface area contributed by atoms with Crippen molar-refractivity contribution >= 4 is 5.69 Å². The minimum atomic E-state index is 0.686. The van der Waals surface area contributed by atoms with Crippen molar-refractivity contribution in [1.82, 2.24) is 9.80 Å². The van der Waals surface area contributed by atoms with Crippen molar-refractivity contribution in [3.63, 3.8) is 0 Å². The molecule has 0 aliphatic carbocycles. The number of para-hydroxylation sites is 2. The number of piperazine rings is 1. The van der Waals surface area contributed by atoms with Gasteiger partial charge < -0.3 is 9.64 Å². The Morgan fingerprint density at radius 1 is 0.893 bits per heavy atom. The van der Waals surface area contributed by atoms with Gasteiger partial charge in [0, 0.05) is 56.6 Å². The summed E-state index contributed by atoms with van der Waals surface area (Å²) in [5.41, 5.74) is 2.68. The van der Waals surface area contributed by atoms with Gasteiger partial charge in [0.2, 0.25) is 0 Å². The van der Waals surface area contributed by atoms with Crippen molar-refractivity contribution in [1.29, 1.82) is 0 Å². The molecule has 0 radical (unpaired) electrons. The predicted molar refractivity (Wildman–Crippen MR) is 116 cm³/mol. The van der Waals surface area contributed by atoms with Gasteiger partial charge in [-0.05, 0) is 44.5 Å². The molecular weight excluding hydrogens is 346 g/mol. The molecule has 150 valence electrons. The summed E-state index contributed by atoms with van der Waals surface area (Å²) < 4.78 is 5.83. The van der Waals surface area contributed by atoms with Crippen molar-refractivity contribution in [2.75, 3.05) is 50.8 Å². The van der Waals surface area contributed by atoms with Gasteiger partial charge in [0.25, 0.3) is 0 Å². The summed E-state index contributed by atoms with van der Waals surface area (Å²) in [6, 6.07) is 20.0. The average Bonchev–Trinajstić information content (AvgIpc) is 2.76. The van der Waals surface area contributed by atoms with Gasteiger partial charge in [-0.25, -0.2) is 0 Å². The van der Waals surface area contributed by atoms with E-state index in [9.17, 15) is 0 Å². The van der Waals surface area contributed by atoms with Crippen LogP contribution in [0, 0.1) is 0 Å². The Balaban J connectivity index is 1.32. The molecule has 0 N–H and O–H groups in total. The minimum Gasteiger partial charge on any atom is -0.494 e. The highest BCUT2D eigenvalue weighted by Gasteiger charge is 2.28. The molecule has 2 aromatic carbocycles. The zero-order valence-electron chi connectivity index (χ0n) is 17.1. The standard InChI is InChI=1S/C24H33N3O/c1-2-28-24-13-7-6-9-21(24)19-25-14-8-12-23(20-25)27-17-15-26(16-18-27)22-10-4-3-5-11-22/h3-7,9-11,13,23H,2,8,12,14-20H2,1H3/t23-/m1/s1. The second kappa shape index (κ2) is 9.44. The van der Waals surface area contributed by atoms with Crippen LogP contribution in [0.3, 0.4) is 0 Å². The molecule has 2 aliphatic rings. The van der Waals surface area contributed by atoms with Crippen LogP contribution in [0.2, 0.25) is 0 Å². The zero-order valence-corrected chi connectivity index (χ0v) is 17.1. The van der Waals surface area contributed by atoms with E-state index in [1.807, 2.05) is 0 Å². The number of hydrogen-bond donors (Lipinski definition) is 0. The number of likely N-dealkylation sites (tertiary alicyclic amines) is 1. The molecule has 0 amide bonds. The van der Waals surface area contributed by atoms with Gasteiger partial charge in [-0.1, -0.05) is 36.4 Å². The Hall–Kier alpha value is -2.04. The quantitative estimate of drug-likeness (QED) is 0.758. The fourth-order valence-electron chi connectivity index (χ4n) is 4.63. The van der Waals surface area contributed by atoms with Gasteiger partial charge in [0.15, 0.2) is 0 Å². The van der Waals surface area contributed by atoms with Crippen molar-refractivity contribution in [3.05, 3.63) is 60.2 Å². The number of rotatable bonds is 6. The number of piperidine rings is 1. The number of hydrogen-bond acceptors (Lipinski definition) is 4.